The van der Waals surface area contributed by atoms with Gasteiger partial charge in [-0.05, 0) is 38.1 Å². The molecule has 0 bridgehead atoms. The van der Waals surface area contributed by atoms with Crippen LogP contribution in [0.2, 0.25) is 0 Å². The van der Waals surface area contributed by atoms with Crippen molar-refractivity contribution in [3.8, 4) is 0 Å². The molecule has 2 aromatic heterocycles. The van der Waals surface area contributed by atoms with E-state index in [0.717, 1.165) is 10.5 Å². The van der Waals surface area contributed by atoms with Gasteiger partial charge in [0, 0.05) is 22.2 Å². The second-order valence-corrected chi connectivity index (χ2v) is 6.32. The lowest BCUT2D eigenvalue weighted by atomic mass is 10.2. The van der Waals surface area contributed by atoms with Crippen LogP contribution in [0.4, 0.5) is 5.69 Å². The highest BCUT2D eigenvalue weighted by atomic mass is 32.1. The number of nitro benzene ring substituents is 1. The van der Waals surface area contributed by atoms with Gasteiger partial charge in [0.25, 0.3) is 11.6 Å². The number of furan rings is 1. The van der Waals surface area contributed by atoms with Gasteiger partial charge in [0.1, 0.15) is 11.5 Å². The number of rotatable bonds is 4. The molecule has 0 spiro atoms. The molecule has 0 aliphatic heterocycles. The minimum Gasteiger partial charge on any atom is -0.464 e. The van der Waals surface area contributed by atoms with Gasteiger partial charge in [-0.25, -0.2) is 0 Å². The molecule has 1 unspecified atom stereocenters. The van der Waals surface area contributed by atoms with Gasteiger partial charge in [-0.15, -0.1) is 11.3 Å². The molecule has 0 aliphatic rings. The fourth-order valence-corrected chi connectivity index (χ4v) is 3.23. The average Bonchev–Trinajstić information content (AvgIpc) is 3.12. The Morgan fingerprint density at radius 1 is 1.30 bits per heavy atom. The maximum Gasteiger partial charge on any atom is 0.270 e. The number of nitrogens with one attached hydrogen (secondary N) is 1. The summed E-state index contributed by atoms with van der Waals surface area (Å²) in [7, 11) is 0. The Bertz CT molecular complexity index is 897. The normalized spacial score (nSPS) is 12.3. The lowest BCUT2D eigenvalue weighted by Crippen LogP contribution is -2.25. The van der Waals surface area contributed by atoms with Crippen molar-refractivity contribution in [2.24, 2.45) is 0 Å². The van der Waals surface area contributed by atoms with Crippen LogP contribution in [0.1, 0.15) is 34.2 Å². The van der Waals surface area contributed by atoms with E-state index in [4.69, 9.17) is 4.42 Å². The highest BCUT2D eigenvalue weighted by molar-refractivity contribution is 7.20. The fourth-order valence-electron chi connectivity index (χ4n) is 2.28. The molecular formula is C16H14N2O4S. The topological polar surface area (TPSA) is 85.4 Å². The van der Waals surface area contributed by atoms with Crippen LogP contribution in [-0.4, -0.2) is 10.8 Å². The predicted molar refractivity (Wildman–Crippen MR) is 87.8 cm³/mol. The second-order valence-electron chi connectivity index (χ2n) is 5.23. The van der Waals surface area contributed by atoms with Crippen LogP contribution in [-0.2, 0) is 0 Å². The van der Waals surface area contributed by atoms with Crippen molar-refractivity contribution in [3.05, 3.63) is 62.9 Å². The minimum atomic E-state index is -0.446. The van der Waals surface area contributed by atoms with E-state index in [1.807, 2.05) is 26.0 Å². The molecule has 6 nitrogen and oxygen atoms in total. The zero-order valence-corrected chi connectivity index (χ0v) is 13.3. The number of thiophene rings is 1. The molecule has 3 rings (SSSR count). The summed E-state index contributed by atoms with van der Waals surface area (Å²) in [6.07, 6.45) is 0. The van der Waals surface area contributed by atoms with Crippen molar-refractivity contribution in [2.75, 3.05) is 0 Å². The maximum absolute atomic E-state index is 12.3. The number of carbonyl (C=O) groups excluding carboxylic acids is 1. The first kappa shape index (κ1) is 15.2. The molecule has 0 aliphatic carbocycles. The lowest BCUT2D eigenvalue weighted by molar-refractivity contribution is -0.384. The largest absolute Gasteiger partial charge is 0.464 e. The molecule has 1 atom stereocenters. The van der Waals surface area contributed by atoms with E-state index in [-0.39, 0.29) is 17.6 Å². The highest BCUT2D eigenvalue weighted by Crippen LogP contribution is 2.29. The van der Waals surface area contributed by atoms with Crippen molar-refractivity contribution in [1.29, 1.82) is 0 Å². The molecule has 1 N–H and O–H groups in total. The molecule has 23 heavy (non-hydrogen) atoms. The van der Waals surface area contributed by atoms with Gasteiger partial charge in [-0.2, -0.15) is 0 Å². The Labute approximate surface area is 135 Å². The first-order valence-corrected chi connectivity index (χ1v) is 7.81. The van der Waals surface area contributed by atoms with Crippen LogP contribution >= 0.6 is 11.3 Å². The molecule has 3 aromatic rings. The van der Waals surface area contributed by atoms with E-state index in [0.29, 0.717) is 16.0 Å². The smallest absolute Gasteiger partial charge is 0.270 e. The summed E-state index contributed by atoms with van der Waals surface area (Å²) >= 11 is 1.30. The monoisotopic (exact) mass is 330 g/mol. The van der Waals surface area contributed by atoms with Crippen LogP contribution in [0.5, 0.6) is 0 Å². The number of aryl methyl sites for hydroxylation is 1. The third kappa shape index (κ3) is 3.09. The fraction of sp³-hybridized carbons (Fsp3) is 0.188. The molecule has 118 valence electrons. The summed E-state index contributed by atoms with van der Waals surface area (Å²) in [6.45, 7) is 3.69. The van der Waals surface area contributed by atoms with E-state index in [2.05, 4.69) is 5.32 Å². The van der Waals surface area contributed by atoms with E-state index in [9.17, 15) is 14.9 Å². The Hall–Kier alpha value is -2.67. The molecule has 0 radical (unpaired) electrons. The zero-order valence-electron chi connectivity index (χ0n) is 12.5. The number of nitrogens with zero attached hydrogens (tertiary/aromatic N) is 1. The molecule has 1 amide bonds. The SMILES string of the molecule is Cc1ccc(C(C)NC(=O)c2cc3cc([N+](=O)[O-])ccc3s2)o1. The Morgan fingerprint density at radius 3 is 2.74 bits per heavy atom. The van der Waals surface area contributed by atoms with Crippen LogP contribution in [0.3, 0.4) is 0 Å². The van der Waals surface area contributed by atoms with Crippen LogP contribution in [0.25, 0.3) is 10.1 Å². The number of carbonyl (C=O) groups is 1. The number of non-ortho nitro benzene ring substituents is 1. The van der Waals surface area contributed by atoms with E-state index in [1.54, 1.807) is 12.1 Å². The summed E-state index contributed by atoms with van der Waals surface area (Å²) < 4.78 is 6.33. The Morgan fingerprint density at radius 2 is 2.09 bits per heavy atom. The van der Waals surface area contributed by atoms with Crippen molar-refractivity contribution in [3.63, 3.8) is 0 Å². The first-order valence-electron chi connectivity index (χ1n) is 6.99. The number of nitro groups is 1. The molecule has 0 saturated heterocycles. The Kier molecular flexibility index (Phi) is 3.87. The molecular weight excluding hydrogens is 316 g/mol. The maximum atomic E-state index is 12.3. The predicted octanol–water partition coefficient (Wildman–Crippen LogP) is 4.20. The van der Waals surface area contributed by atoms with Crippen LogP contribution < -0.4 is 5.32 Å². The summed E-state index contributed by atoms with van der Waals surface area (Å²) in [5.41, 5.74) is 0.0155. The quantitative estimate of drug-likeness (QED) is 0.574. The van der Waals surface area contributed by atoms with Crippen LogP contribution in [0.15, 0.2) is 40.8 Å². The summed E-state index contributed by atoms with van der Waals surface area (Å²) in [4.78, 5) is 23.2. The Balaban J connectivity index is 1.82. The van der Waals surface area contributed by atoms with E-state index in [1.165, 1.54) is 23.5 Å². The third-order valence-electron chi connectivity index (χ3n) is 3.47. The summed E-state index contributed by atoms with van der Waals surface area (Å²) in [6, 6.07) is 9.66. The van der Waals surface area contributed by atoms with Gasteiger partial charge in [-0.1, -0.05) is 0 Å². The number of benzene rings is 1. The average molecular weight is 330 g/mol. The van der Waals surface area contributed by atoms with Gasteiger partial charge in [0.05, 0.1) is 15.8 Å². The van der Waals surface area contributed by atoms with Crippen LogP contribution in [0, 0.1) is 17.0 Å². The highest BCUT2D eigenvalue weighted by Gasteiger charge is 2.17. The molecule has 0 saturated carbocycles. The van der Waals surface area contributed by atoms with Gasteiger partial charge < -0.3 is 9.73 Å². The van der Waals surface area contributed by atoms with Gasteiger partial charge in [0.2, 0.25) is 0 Å². The second kappa shape index (κ2) is 5.85. The summed E-state index contributed by atoms with van der Waals surface area (Å²) in [5, 5.41) is 14.4. The lowest BCUT2D eigenvalue weighted by Gasteiger charge is -2.10. The first-order chi connectivity index (χ1) is 10.9. The van der Waals surface area contributed by atoms with Gasteiger partial charge in [-0.3, -0.25) is 14.9 Å². The van der Waals surface area contributed by atoms with Gasteiger partial charge in [0.15, 0.2) is 0 Å². The van der Waals surface area contributed by atoms with Crippen molar-refractivity contribution in [2.45, 2.75) is 19.9 Å². The molecule has 1 aromatic carbocycles. The standard InChI is InChI=1S/C16H14N2O4S/c1-9-3-5-13(22-9)10(2)17-16(19)15-8-11-7-12(18(20)21)4-6-14(11)23-15/h3-8,10H,1-2H3,(H,17,19). The number of hydrogen-bond acceptors (Lipinski definition) is 5. The molecule has 0 fully saturated rings. The number of hydrogen-bond donors (Lipinski definition) is 1. The third-order valence-corrected chi connectivity index (χ3v) is 4.58. The van der Waals surface area contributed by atoms with Crippen molar-refractivity contribution in [1.82, 2.24) is 5.32 Å². The van der Waals surface area contributed by atoms with E-state index >= 15 is 0 Å². The van der Waals surface area contributed by atoms with Crippen molar-refractivity contribution >= 4 is 33.0 Å². The molecule has 7 heteroatoms. The summed E-state index contributed by atoms with van der Waals surface area (Å²) in [5.74, 6) is 1.25. The minimum absolute atomic E-state index is 0.0155. The number of fused-ring (bicyclic) bond motifs is 1. The zero-order chi connectivity index (χ0) is 16.6. The molecule has 2 heterocycles. The van der Waals surface area contributed by atoms with Crippen molar-refractivity contribution < 1.29 is 14.1 Å². The number of amides is 1. The van der Waals surface area contributed by atoms with Gasteiger partial charge >= 0.3 is 0 Å². The van der Waals surface area contributed by atoms with E-state index < -0.39 is 4.92 Å².